The smallest absolute Gasteiger partial charge is 0.338 e. The molecule has 0 amide bonds. The molecular weight excluding hydrogens is 461 g/mol. The fourth-order valence-corrected chi connectivity index (χ4v) is 5.05. The van der Waals surface area contributed by atoms with E-state index in [1.165, 1.54) is 10.4 Å². The molecule has 11 heteroatoms. The lowest BCUT2D eigenvalue weighted by Gasteiger charge is -2.26. The quantitative estimate of drug-likeness (QED) is 0.491. The lowest BCUT2D eigenvalue weighted by atomic mass is 10.2. The maximum Gasteiger partial charge on any atom is 0.338 e. The average molecular weight is 480 g/mol. The van der Waals surface area contributed by atoms with Crippen LogP contribution in [-0.4, -0.2) is 41.9 Å². The second-order valence-corrected chi connectivity index (χ2v) is 9.55. The van der Waals surface area contributed by atoms with Crippen LogP contribution in [0.1, 0.15) is 35.5 Å². The molecule has 2 aromatic carbocycles. The van der Waals surface area contributed by atoms with E-state index in [1.54, 1.807) is 24.3 Å². The molecule has 1 aromatic heterocycles. The van der Waals surface area contributed by atoms with Gasteiger partial charge in [0.1, 0.15) is 10.7 Å². The SMILES string of the molecule is O=C(OCc1nc(-c2ccc(Cl)cc2)no1)c1ccc(F)c(S(=O)(=O)N2CCCCC2)c1. The molecule has 168 valence electrons. The Kier molecular flexibility index (Phi) is 6.54. The van der Waals surface area contributed by atoms with E-state index in [-0.39, 0.29) is 18.1 Å². The molecule has 0 saturated carbocycles. The van der Waals surface area contributed by atoms with Crippen LogP contribution in [-0.2, 0) is 21.4 Å². The van der Waals surface area contributed by atoms with Gasteiger partial charge in [-0.2, -0.15) is 9.29 Å². The zero-order chi connectivity index (χ0) is 22.7. The molecule has 1 fully saturated rings. The summed E-state index contributed by atoms with van der Waals surface area (Å²) in [6, 6.07) is 9.89. The van der Waals surface area contributed by atoms with Crippen LogP contribution in [0.3, 0.4) is 0 Å². The Morgan fingerprint density at radius 3 is 2.56 bits per heavy atom. The van der Waals surface area contributed by atoms with E-state index in [0.29, 0.717) is 42.3 Å². The third-order valence-corrected chi connectivity index (χ3v) is 7.16. The topological polar surface area (TPSA) is 103 Å². The molecule has 4 rings (SSSR count). The molecule has 3 aromatic rings. The van der Waals surface area contributed by atoms with Gasteiger partial charge in [0.25, 0.3) is 5.89 Å². The highest BCUT2D eigenvalue weighted by molar-refractivity contribution is 7.89. The van der Waals surface area contributed by atoms with Crippen molar-refractivity contribution in [3.8, 4) is 11.4 Å². The Morgan fingerprint density at radius 1 is 1.12 bits per heavy atom. The Bertz CT molecular complexity index is 1220. The summed E-state index contributed by atoms with van der Waals surface area (Å²) >= 11 is 5.85. The summed E-state index contributed by atoms with van der Waals surface area (Å²) in [5.41, 5.74) is 0.571. The first-order chi connectivity index (χ1) is 15.3. The first-order valence-electron chi connectivity index (χ1n) is 9.90. The van der Waals surface area contributed by atoms with Crippen molar-refractivity contribution in [2.75, 3.05) is 13.1 Å². The lowest BCUT2D eigenvalue weighted by Crippen LogP contribution is -2.36. The number of carbonyl (C=O) groups is 1. The molecule has 0 atom stereocenters. The number of halogens is 2. The van der Waals surface area contributed by atoms with Gasteiger partial charge in [-0.15, -0.1) is 0 Å². The van der Waals surface area contributed by atoms with E-state index in [4.69, 9.17) is 20.9 Å². The van der Waals surface area contributed by atoms with Crippen molar-refractivity contribution >= 4 is 27.6 Å². The number of esters is 1. The van der Waals surface area contributed by atoms with Gasteiger partial charge in [-0.1, -0.05) is 23.2 Å². The minimum absolute atomic E-state index is 0.0478. The van der Waals surface area contributed by atoms with Crippen LogP contribution in [0, 0.1) is 5.82 Å². The van der Waals surface area contributed by atoms with Gasteiger partial charge in [-0.3, -0.25) is 0 Å². The van der Waals surface area contributed by atoms with Gasteiger partial charge >= 0.3 is 5.97 Å². The Labute approximate surface area is 189 Å². The fraction of sp³-hybridized carbons (Fsp3) is 0.286. The number of hydrogen-bond acceptors (Lipinski definition) is 7. The summed E-state index contributed by atoms with van der Waals surface area (Å²) in [6.07, 6.45) is 2.35. The predicted octanol–water partition coefficient (Wildman–Crippen LogP) is 4.06. The number of aromatic nitrogens is 2. The van der Waals surface area contributed by atoms with E-state index < -0.39 is 26.7 Å². The molecule has 1 aliphatic heterocycles. The molecule has 0 N–H and O–H groups in total. The number of carbonyl (C=O) groups excluding carboxylic acids is 1. The van der Waals surface area contributed by atoms with Gasteiger partial charge < -0.3 is 9.26 Å². The standard InChI is InChI=1S/C21H19ClFN3O5S/c22-16-7-4-14(5-8-16)20-24-19(31-25-20)13-30-21(27)15-6-9-17(23)18(12-15)32(28,29)26-10-2-1-3-11-26/h4-9,12H,1-3,10-11,13H2. The third kappa shape index (κ3) is 4.82. The van der Waals surface area contributed by atoms with E-state index in [1.807, 2.05) is 0 Å². The van der Waals surface area contributed by atoms with E-state index in [0.717, 1.165) is 18.6 Å². The summed E-state index contributed by atoms with van der Waals surface area (Å²) in [5, 5.41) is 4.38. The lowest BCUT2D eigenvalue weighted by molar-refractivity contribution is 0.0429. The minimum Gasteiger partial charge on any atom is -0.452 e. The van der Waals surface area contributed by atoms with Crippen LogP contribution in [0.15, 0.2) is 51.9 Å². The van der Waals surface area contributed by atoms with Gasteiger partial charge in [0.05, 0.1) is 5.56 Å². The van der Waals surface area contributed by atoms with Gasteiger partial charge in [-0.05, 0) is 55.3 Å². The molecule has 0 unspecified atom stereocenters. The fourth-order valence-electron chi connectivity index (χ4n) is 3.31. The summed E-state index contributed by atoms with van der Waals surface area (Å²) in [4.78, 5) is 16.0. The summed E-state index contributed by atoms with van der Waals surface area (Å²) in [6.45, 7) is 0.318. The third-order valence-electron chi connectivity index (χ3n) is 5.00. The number of rotatable bonds is 6. The molecule has 2 heterocycles. The largest absolute Gasteiger partial charge is 0.452 e. The molecule has 1 aliphatic rings. The number of nitrogens with zero attached hydrogens (tertiary/aromatic N) is 3. The highest BCUT2D eigenvalue weighted by atomic mass is 35.5. The van der Waals surface area contributed by atoms with E-state index >= 15 is 0 Å². The van der Waals surface area contributed by atoms with Crippen LogP contribution >= 0.6 is 11.6 Å². The van der Waals surface area contributed by atoms with Crippen LogP contribution in [0.5, 0.6) is 0 Å². The maximum absolute atomic E-state index is 14.3. The number of benzene rings is 2. The zero-order valence-corrected chi connectivity index (χ0v) is 18.4. The van der Waals surface area contributed by atoms with E-state index in [2.05, 4.69) is 10.1 Å². The van der Waals surface area contributed by atoms with Gasteiger partial charge in [-0.25, -0.2) is 17.6 Å². The van der Waals surface area contributed by atoms with Crippen molar-refractivity contribution in [2.45, 2.75) is 30.8 Å². The van der Waals surface area contributed by atoms with Crippen molar-refractivity contribution < 1.29 is 26.9 Å². The first kappa shape index (κ1) is 22.4. The number of sulfonamides is 1. The molecule has 1 saturated heterocycles. The number of piperidine rings is 1. The molecule has 0 bridgehead atoms. The summed E-state index contributed by atoms with van der Waals surface area (Å²) < 4.78 is 51.4. The normalized spacial score (nSPS) is 14.9. The molecular formula is C21H19ClFN3O5S. The van der Waals surface area contributed by atoms with Crippen molar-refractivity contribution in [1.82, 2.24) is 14.4 Å². The van der Waals surface area contributed by atoms with Crippen molar-refractivity contribution in [2.24, 2.45) is 0 Å². The monoisotopic (exact) mass is 479 g/mol. The average Bonchev–Trinajstić information content (AvgIpc) is 3.28. The zero-order valence-electron chi connectivity index (χ0n) is 16.8. The van der Waals surface area contributed by atoms with E-state index in [9.17, 15) is 17.6 Å². The number of ether oxygens (including phenoxy) is 1. The minimum atomic E-state index is -4.05. The molecule has 32 heavy (non-hydrogen) atoms. The summed E-state index contributed by atoms with van der Waals surface area (Å²) in [7, 11) is -4.05. The van der Waals surface area contributed by atoms with Crippen LogP contribution in [0.2, 0.25) is 5.02 Å². The first-order valence-corrected chi connectivity index (χ1v) is 11.7. The second-order valence-electron chi connectivity index (χ2n) is 7.20. The Morgan fingerprint density at radius 2 is 1.84 bits per heavy atom. The highest BCUT2D eigenvalue weighted by Gasteiger charge is 2.29. The van der Waals surface area contributed by atoms with Crippen LogP contribution < -0.4 is 0 Å². The molecule has 0 spiro atoms. The molecule has 8 nitrogen and oxygen atoms in total. The van der Waals surface area contributed by atoms with Gasteiger partial charge in [0.15, 0.2) is 6.61 Å². The number of hydrogen-bond donors (Lipinski definition) is 0. The van der Waals surface area contributed by atoms with Crippen molar-refractivity contribution in [1.29, 1.82) is 0 Å². The van der Waals surface area contributed by atoms with Crippen LogP contribution in [0.25, 0.3) is 11.4 Å². The molecule has 0 aliphatic carbocycles. The second kappa shape index (κ2) is 9.35. The van der Waals surface area contributed by atoms with Gasteiger partial charge in [0.2, 0.25) is 15.8 Å². The van der Waals surface area contributed by atoms with Crippen LogP contribution in [0.4, 0.5) is 4.39 Å². The highest BCUT2D eigenvalue weighted by Crippen LogP contribution is 2.24. The Balaban J connectivity index is 1.46. The van der Waals surface area contributed by atoms with Crippen molar-refractivity contribution in [3.05, 3.63) is 64.8 Å². The van der Waals surface area contributed by atoms with Gasteiger partial charge in [0, 0.05) is 23.7 Å². The molecule has 0 radical (unpaired) electrons. The maximum atomic E-state index is 14.3. The summed E-state index contributed by atoms with van der Waals surface area (Å²) in [5.74, 6) is -1.42. The van der Waals surface area contributed by atoms with Crippen molar-refractivity contribution in [3.63, 3.8) is 0 Å². The predicted molar refractivity (Wildman–Crippen MR) is 113 cm³/mol. The Hall–Kier alpha value is -2.82.